The third kappa shape index (κ3) is 4.07. The van der Waals surface area contributed by atoms with Crippen LogP contribution < -0.4 is 5.32 Å². The number of nitrogens with one attached hydrogen (secondary N) is 2. The molecule has 4 rings (SSSR count). The van der Waals surface area contributed by atoms with Crippen molar-refractivity contribution in [2.45, 2.75) is 20.5 Å². The molecule has 0 radical (unpaired) electrons. The monoisotopic (exact) mass is 370 g/mol. The van der Waals surface area contributed by atoms with E-state index in [0.717, 1.165) is 27.7 Å². The molecule has 4 nitrogen and oxygen atoms in total. The van der Waals surface area contributed by atoms with Crippen LogP contribution in [0.25, 0.3) is 22.2 Å². The fourth-order valence-corrected chi connectivity index (χ4v) is 3.37. The molecule has 1 amide bonds. The molecule has 2 N–H and O–H groups in total. The van der Waals surface area contributed by atoms with Crippen molar-refractivity contribution < 1.29 is 9.53 Å². The number of rotatable bonds is 4. The Balaban J connectivity index is 1.49. The molecule has 0 atom stereocenters. The number of fused-ring (bicyclic) bond motifs is 1. The van der Waals surface area contributed by atoms with Crippen molar-refractivity contribution in [2.75, 3.05) is 5.32 Å². The van der Waals surface area contributed by atoms with Crippen molar-refractivity contribution >= 4 is 22.7 Å². The summed E-state index contributed by atoms with van der Waals surface area (Å²) in [4.78, 5) is 15.5. The van der Waals surface area contributed by atoms with Crippen LogP contribution in [0.5, 0.6) is 0 Å². The number of H-pyrrole nitrogens is 1. The maximum absolute atomic E-state index is 12.1. The molecule has 140 valence electrons. The number of ether oxygens (including phenoxy) is 1. The molecule has 0 saturated carbocycles. The molecule has 0 aliphatic carbocycles. The van der Waals surface area contributed by atoms with E-state index in [4.69, 9.17) is 4.74 Å². The molecule has 0 unspecified atom stereocenters. The smallest absolute Gasteiger partial charge is 0.411 e. The van der Waals surface area contributed by atoms with Gasteiger partial charge >= 0.3 is 6.09 Å². The molecule has 1 aromatic heterocycles. The number of aromatic nitrogens is 1. The number of carbonyl (C=O) groups excluding carboxylic acids is 1. The first-order valence-electron chi connectivity index (χ1n) is 9.26. The average Bonchev–Trinajstić information content (AvgIpc) is 3.10. The van der Waals surface area contributed by atoms with Crippen molar-refractivity contribution in [3.63, 3.8) is 0 Å². The molecule has 1 heterocycles. The average molecular weight is 370 g/mol. The standard InChI is InChI=1S/C24H22N2O2/c1-16-10-17(2)12-19(11-16)23-14-20-13-21(8-9-22(20)26-23)25-24(27)28-15-18-6-4-3-5-7-18/h3-14,26H,15H2,1-2H3,(H,25,27). The third-order valence-corrected chi connectivity index (χ3v) is 4.61. The number of aromatic amines is 1. The van der Waals surface area contributed by atoms with E-state index in [9.17, 15) is 4.79 Å². The second-order valence-corrected chi connectivity index (χ2v) is 7.05. The summed E-state index contributed by atoms with van der Waals surface area (Å²) >= 11 is 0. The van der Waals surface area contributed by atoms with Gasteiger partial charge in [-0.15, -0.1) is 0 Å². The topological polar surface area (TPSA) is 54.1 Å². The highest BCUT2D eigenvalue weighted by Gasteiger charge is 2.08. The van der Waals surface area contributed by atoms with Gasteiger partial charge in [-0.05, 0) is 61.4 Å². The summed E-state index contributed by atoms with van der Waals surface area (Å²) in [6, 6.07) is 24.0. The SMILES string of the molecule is Cc1cc(C)cc(-c2cc3cc(NC(=O)OCc4ccccc4)ccc3[nH]2)c1. The van der Waals surface area contributed by atoms with Crippen LogP contribution >= 0.6 is 0 Å². The lowest BCUT2D eigenvalue weighted by atomic mass is 10.1. The summed E-state index contributed by atoms with van der Waals surface area (Å²) in [6.07, 6.45) is -0.465. The molecule has 0 fully saturated rings. The van der Waals surface area contributed by atoms with Crippen LogP contribution in [0.1, 0.15) is 16.7 Å². The zero-order chi connectivity index (χ0) is 19.5. The molecular weight excluding hydrogens is 348 g/mol. The molecule has 0 spiro atoms. The number of carbonyl (C=O) groups is 1. The fourth-order valence-electron chi connectivity index (χ4n) is 3.37. The molecule has 4 aromatic rings. The van der Waals surface area contributed by atoms with Crippen molar-refractivity contribution in [1.29, 1.82) is 0 Å². The quantitative estimate of drug-likeness (QED) is 0.449. The van der Waals surface area contributed by atoms with Gasteiger partial charge < -0.3 is 9.72 Å². The van der Waals surface area contributed by atoms with Crippen molar-refractivity contribution in [3.8, 4) is 11.3 Å². The Morgan fingerprint density at radius 3 is 2.43 bits per heavy atom. The summed E-state index contributed by atoms with van der Waals surface area (Å²) in [5.74, 6) is 0. The summed E-state index contributed by atoms with van der Waals surface area (Å²) in [6.45, 7) is 4.44. The van der Waals surface area contributed by atoms with Gasteiger partial charge in [0, 0.05) is 22.3 Å². The number of hydrogen-bond acceptors (Lipinski definition) is 2. The van der Waals surface area contributed by atoms with E-state index in [2.05, 4.69) is 48.4 Å². The van der Waals surface area contributed by atoms with Crippen LogP contribution in [-0.4, -0.2) is 11.1 Å². The predicted molar refractivity (Wildman–Crippen MR) is 113 cm³/mol. The van der Waals surface area contributed by atoms with E-state index in [0.29, 0.717) is 5.69 Å². The van der Waals surface area contributed by atoms with Crippen molar-refractivity contribution in [2.24, 2.45) is 0 Å². The Labute approximate surface area is 164 Å². The van der Waals surface area contributed by atoms with E-state index in [1.165, 1.54) is 11.1 Å². The molecule has 0 aliphatic rings. The minimum absolute atomic E-state index is 0.246. The first-order chi connectivity index (χ1) is 13.6. The van der Waals surface area contributed by atoms with Gasteiger partial charge in [0.1, 0.15) is 6.61 Å². The van der Waals surface area contributed by atoms with Gasteiger partial charge in [-0.3, -0.25) is 5.32 Å². The Morgan fingerprint density at radius 1 is 0.929 bits per heavy atom. The van der Waals surface area contributed by atoms with Gasteiger partial charge in [0.05, 0.1) is 0 Å². The fraction of sp³-hybridized carbons (Fsp3) is 0.125. The summed E-state index contributed by atoms with van der Waals surface area (Å²) in [7, 11) is 0. The normalized spacial score (nSPS) is 10.8. The lowest BCUT2D eigenvalue weighted by Gasteiger charge is -2.07. The molecule has 28 heavy (non-hydrogen) atoms. The van der Waals surface area contributed by atoms with E-state index < -0.39 is 6.09 Å². The minimum Gasteiger partial charge on any atom is -0.444 e. The Morgan fingerprint density at radius 2 is 1.68 bits per heavy atom. The number of hydrogen-bond donors (Lipinski definition) is 2. The van der Waals surface area contributed by atoms with E-state index >= 15 is 0 Å². The summed E-state index contributed by atoms with van der Waals surface area (Å²) < 4.78 is 5.29. The third-order valence-electron chi connectivity index (χ3n) is 4.61. The van der Waals surface area contributed by atoms with Crippen LogP contribution in [0.4, 0.5) is 10.5 Å². The molecule has 3 aromatic carbocycles. The number of amides is 1. The maximum atomic E-state index is 12.1. The number of aryl methyl sites for hydroxylation is 2. The van der Waals surface area contributed by atoms with Crippen LogP contribution in [0.2, 0.25) is 0 Å². The van der Waals surface area contributed by atoms with Gasteiger partial charge in [0.2, 0.25) is 0 Å². The summed E-state index contributed by atoms with van der Waals surface area (Å²) in [5.41, 5.74) is 7.37. The zero-order valence-corrected chi connectivity index (χ0v) is 16.0. The molecule has 4 heteroatoms. The van der Waals surface area contributed by atoms with E-state index in [1.54, 1.807) is 0 Å². The van der Waals surface area contributed by atoms with Gasteiger partial charge in [-0.2, -0.15) is 0 Å². The zero-order valence-electron chi connectivity index (χ0n) is 16.0. The second kappa shape index (κ2) is 7.61. The maximum Gasteiger partial charge on any atom is 0.411 e. The lowest BCUT2D eigenvalue weighted by molar-refractivity contribution is 0.155. The highest BCUT2D eigenvalue weighted by atomic mass is 16.5. The number of benzene rings is 3. The van der Waals surface area contributed by atoms with Crippen LogP contribution in [0.3, 0.4) is 0 Å². The van der Waals surface area contributed by atoms with Crippen molar-refractivity contribution in [1.82, 2.24) is 4.98 Å². The van der Waals surface area contributed by atoms with Crippen molar-refractivity contribution in [3.05, 3.63) is 89.5 Å². The first kappa shape index (κ1) is 17.9. The van der Waals surface area contributed by atoms with Crippen LogP contribution in [0.15, 0.2) is 72.8 Å². The second-order valence-electron chi connectivity index (χ2n) is 7.05. The molecule has 0 aliphatic heterocycles. The van der Waals surface area contributed by atoms with Crippen LogP contribution in [-0.2, 0) is 11.3 Å². The largest absolute Gasteiger partial charge is 0.444 e. The minimum atomic E-state index is -0.465. The molecular formula is C24H22N2O2. The Bertz CT molecular complexity index is 1110. The molecule has 0 bridgehead atoms. The van der Waals surface area contributed by atoms with Crippen LogP contribution in [0, 0.1) is 13.8 Å². The Kier molecular flexibility index (Phi) is 4.85. The highest BCUT2D eigenvalue weighted by molar-refractivity contribution is 5.92. The van der Waals surface area contributed by atoms with Gasteiger partial charge in [-0.1, -0.05) is 47.5 Å². The first-order valence-corrected chi connectivity index (χ1v) is 9.26. The summed E-state index contributed by atoms with van der Waals surface area (Å²) in [5, 5.41) is 3.83. The van der Waals surface area contributed by atoms with Gasteiger partial charge in [0.25, 0.3) is 0 Å². The highest BCUT2D eigenvalue weighted by Crippen LogP contribution is 2.27. The van der Waals surface area contributed by atoms with E-state index in [1.807, 2.05) is 48.5 Å². The van der Waals surface area contributed by atoms with Gasteiger partial charge in [-0.25, -0.2) is 4.79 Å². The molecule has 0 saturated heterocycles. The predicted octanol–water partition coefficient (Wildman–Crippen LogP) is 6.20. The van der Waals surface area contributed by atoms with E-state index in [-0.39, 0.29) is 6.61 Å². The van der Waals surface area contributed by atoms with Gasteiger partial charge in [0.15, 0.2) is 0 Å². The lowest BCUT2D eigenvalue weighted by Crippen LogP contribution is -2.13. The Hall–Kier alpha value is -3.53. The number of anilines is 1.